The van der Waals surface area contributed by atoms with E-state index in [-0.39, 0.29) is 18.7 Å². The van der Waals surface area contributed by atoms with Gasteiger partial charge < -0.3 is 15.6 Å². The van der Waals surface area contributed by atoms with Gasteiger partial charge in [0.1, 0.15) is 5.60 Å². The van der Waals surface area contributed by atoms with Gasteiger partial charge >= 0.3 is 0 Å². The lowest BCUT2D eigenvalue weighted by molar-refractivity contribution is -0.0601. The van der Waals surface area contributed by atoms with Crippen molar-refractivity contribution in [2.24, 2.45) is 12.8 Å². The number of H-pyrrole nitrogens is 1. The Morgan fingerprint density at radius 1 is 1.26 bits per heavy atom. The molecule has 4 aromatic rings. The average Bonchev–Trinajstić information content (AvgIpc) is 3.14. The van der Waals surface area contributed by atoms with Gasteiger partial charge in [0.2, 0.25) is 0 Å². The molecule has 0 aliphatic carbocycles. The van der Waals surface area contributed by atoms with Crippen LogP contribution in [0.2, 0.25) is 0 Å². The van der Waals surface area contributed by atoms with Gasteiger partial charge in [-0.15, -0.1) is 0 Å². The number of nitrogens with two attached hydrogens (primary N) is 1. The van der Waals surface area contributed by atoms with Gasteiger partial charge in [-0.1, -0.05) is 24.3 Å². The monoisotopic (exact) mass is 417 g/mol. The molecule has 0 fully saturated rings. The third-order valence-electron chi connectivity index (χ3n) is 5.95. The molecule has 1 atom stereocenters. The summed E-state index contributed by atoms with van der Waals surface area (Å²) in [7, 11) is 1.89. The fourth-order valence-electron chi connectivity index (χ4n) is 4.41. The first-order valence-electron chi connectivity index (χ1n) is 10.1. The largest absolute Gasteiger partial charge is 0.383 e. The van der Waals surface area contributed by atoms with Gasteiger partial charge in [-0.3, -0.25) is 9.48 Å². The number of aliphatic hydroxyl groups is 1. The van der Waals surface area contributed by atoms with Crippen LogP contribution in [0.5, 0.6) is 0 Å². The normalized spacial score (nSPS) is 18.3. The number of hydrogen-bond acceptors (Lipinski definition) is 6. The topological polar surface area (TPSA) is 119 Å². The molecule has 0 amide bonds. The Hall–Kier alpha value is -3.33. The summed E-state index contributed by atoms with van der Waals surface area (Å²) in [6, 6.07) is 11.5. The lowest BCUT2D eigenvalue weighted by Crippen LogP contribution is -2.33. The van der Waals surface area contributed by atoms with Crippen molar-refractivity contribution in [2.45, 2.75) is 25.7 Å². The van der Waals surface area contributed by atoms with E-state index in [1.165, 1.54) is 0 Å². The molecular weight excluding hydrogens is 394 g/mol. The van der Waals surface area contributed by atoms with Gasteiger partial charge in [-0.05, 0) is 35.7 Å². The molecule has 4 N–H and O–H groups in total. The van der Waals surface area contributed by atoms with Crippen molar-refractivity contribution in [3.05, 3.63) is 69.8 Å². The number of aromatic amines is 1. The van der Waals surface area contributed by atoms with E-state index in [1.807, 2.05) is 42.1 Å². The van der Waals surface area contributed by atoms with Gasteiger partial charge in [0.25, 0.3) is 5.56 Å². The molecule has 5 rings (SSSR count). The molecule has 8 nitrogen and oxygen atoms in total. The number of nitrogens with one attached hydrogen (secondary N) is 1. The molecule has 31 heavy (non-hydrogen) atoms. The van der Waals surface area contributed by atoms with Crippen molar-refractivity contribution in [2.75, 3.05) is 6.61 Å². The number of fused-ring (bicyclic) bond motifs is 2. The molecule has 8 heteroatoms. The van der Waals surface area contributed by atoms with E-state index in [1.54, 1.807) is 19.2 Å². The highest BCUT2D eigenvalue weighted by atomic mass is 16.5. The SMILES string of the molecule is Cn1ncc(-c2ccc3c(=O)[nH]nc(CN)c3c2)c1-c1cccc2c1COCC2(C)O. The summed E-state index contributed by atoms with van der Waals surface area (Å²) in [5, 5.41) is 23.2. The molecule has 3 heterocycles. The van der Waals surface area contributed by atoms with Crippen LogP contribution in [-0.2, 0) is 30.5 Å². The van der Waals surface area contributed by atoms with E-state index in [9.17, 15) is 9.90 Å². The fourth-order valence-corrected chi connectivity index (χ4v) is 4.41. The number of hydrogen-bond donors (Lipinski definition) is 3. The van der Waals surface area contributed by atoms with Crippen molar-refractivity contribution < 1.29 is 9.84 Å². The van der Waals surface area contributed by atoms with Crippen molar-refractivity contribution in [1.82, 2.24) is 20.0 Å². The molecule has 0 saturated heterocycles. The minimum Gasteiger partial charge on any atom is -0.383 e. The molecule has 2 aromatic carbocycles. The molecule has 2 aromatic heterocycles. The van der Waals surface area contributed by atoms with Crippen molar-refractivity contribution in [3.63, 3.8) is 0 Å². The highest BCUT2D eigenvalue weighted by molar-refractivity contribution is 5.91. The fraction of sp³-hybridized carbons (Fsp3) is 0.261. The van der Waals surface area contributed by atoms with Crippen LogP contribution in [0.25, 0.3) is 33.2 Å². The standard InChI is InChI=1S/C23H23N5O3/c1-23(30)12-31-11-18-14(4-3-5-19(18)23)21-17(10-25-28(21)2)13-6-7-15-16(8-13)20(9-24)26-27-22(15)29/h3-8,10,30H,9,11-12,24H2,1-2H3,(H,27,29). The number of aromatic nitrogens is 4. The maximum absolute atomic E-state index is 12.2. The average molecular weight is 417 g/mol. The van der Waals surface area contributed by atoms with E-state index in [0.717, 1.165) is 38.9 Å². The number of rotatable bonds is 3. The van der Waals surface area contributed by atoms with Crippen molar-refractivity contribution in [3.8, 4) is 22.4 Å². The first-order valence-corrected chi connectivity index (χ1v) is 10.1. The predicted molar refractivity (Wildman–Crippen MR) is 117 cm³/mol. The second-order valence-corrected chi connectivity index (χ2v) is 8.09. The predicted octanol–water partition coefficient (Wildman–Crippen LogP) is 2.19. The Balaban J connectivity index is 1.74. The summed E-state index contributed by atoms with van der Waals surface area (Å²) in [4.78, 5) is 12.2. The van der Waals surface area contributed by atoms with Crippen LogP contribution in [0, 0.1) is 0 Å². The molecule has 0 spiro atoms. The Kier molecular flexibility index (Phi) is 4.51. The second-order valence-electron chi connectivity index (χ2n) is 8.09. The Morgan fingerprint density at radius 2 is 2.10 bits per heavy atom. The molecule has 0 saturated carbocycles. The van der Waals surface area contributed by atoms with E-state index in [0.29, 0.717) is 17.7 Å². The van der Waals surface area contributed by atoms with Gasteiger partial charge in [0.05, 0.1) is 36.2 Å². The summed E-state index contributed by atoms with van der Waals surface area (Å²) in [5.74, 6) is 0. The minimum absolute atomic E-state index is 0.218. The van der Waals surface area contributed by atoms with Gasteiger partial charge in [-0.2, -0.15) is 10.2 Å². The maximum Gasteiger partial charge on any atom is 0.272 e. The summed E-state index contributed by atoms with van der Waals surface area (Å²) in [6.45, 7) is 2.66. The zero-order valence-corrected chi connectivity index (χ0v) is 17.3. The zero-order valence-electron chi connectivity index (χ0n) is 17.3. The molecule has 1 aliphatic heterocycles. The van der Waals surface area contributed by atoms with E-state index < -0.39 is 5.60 Å². The van der Waals surface area contributed by atoms with Gasteiger partial charge in [-0.25, -0.2) is 5.10 Å². The Labute approximate surface area is 178 Å². The van der Waals surface area contributed by atoms with Crippen LogP contribution in [-0.4, -0.2) is 31.7 Å². The summed E-state index contributed by atoms with van der Waals surface area (Å²) < 4.78 is 7.51. The van der Waals surface area contributed by atoms with Crippen LogP contribution in [0.3, 0.4) is 0 Å². The van der Waals surface area contributed by atoms with Crippen LogP contribution in [0.1, 0.15) is 23.7 Å². The second kappa shape index (κ2) is 7.12. The van der Waals surface area contributed by atoms with E-state index >= 15 is 0 Å². The van der Waals surface area contributed by atoms with Gasteiger partial charge in [0.15, 0.2) is 0 Å². The van der Waals surface area contributed by atoms with Crippen LogP contribution < -0.4 is 11.3 Å². The molecule has 0 bridgehead atoms. The number of benzene rings is 2. The first kappa shape index (κ1) is 19.6. The summed E-state index contributed by atoms with van der Waals surface area (Å²) in [5.41, 5.74) is 10.7. The van der Waals surface area contributed by atoms with Crippen molar-refractivity contribution >= 4 is 10.8 Å². The van der Waals surface area contributed by atoms with Gasteiger partial charge in [0, 0.05) is 30.1 Å². The molecule has 0 radical (unpaired) electrons. The van der Waals surface area contributed by atoms with Crippen LogP contribution >= 0.6 is 0 Å². The number of ether oxygens (including phenoxy) is 1. The Morgan fingerprint density at radius 3 is 2.90 bits per heavy atom. The molecular formula is C23H23N5O3. The third-order valence-corrected chi connectivity index (χ3v) is 5.95. The summed E-state index contributed by atoms with van der Waals surface area (Å²) >= 11 is 0. The lowest BCUT2D eigenvalue weighted by atomic mass is 9.86. The summed E-state index contributed by atoms with van der Waals surface area (Å²) in [6.07, 6.45) is 1.81. The van der Waals surface area contributed by atoms with Crippen LogP contribution in [0.4, 0.5) is 0 Å². The number of nitrogens with zero attached hydrogens (tertiary/aromatic N) is 3. The third kappa shape index (κ3) is 3.07. The van der Waals surface area contributed by atoms with Crippen LogP contribution in [0.15, 0.2) is 47.4 Å². The quantitative estimate of drug-likeness (QED) is 0.470. The van der Waals surface area contributed by atoms with Crippen molar-refractivity contribution in [1.29, 1.82) is 0 Å². The smallest absolute Gasteiger partial charge is 0.272 e. The Bertz CT molecular complexity index is 1370. The highest BCUT2D eigenvalue weighted by Gasteiger charge is 2.32. The maximum atomic E-state index is 12.2. The highest BCUT2D eigenvalue weighted by Crippen LogP contribution is 2.40. The van der Waals surface area contributed by atoms with E-state index in [4.69, 9.17) is 10.5 Å². The lowest BCUT2D eigenvalue weighted by Gasteiger charge is -2.32. The molecule has 158 valence electrons. The molecule has 1 aliphatic rings. The van der Waals surface area contributed by atoms with E-state index in [2.05, 4.69) is 15.3 Å². The molecule has 1 unspecified atom stereocenters. The number of aryl methyl sites for hydroxylation is 1. The first-order chi connectivity index (χ1) is 14.9. The zero-order chi connectivity index (χ0) is 21.8. The minimum atomic E-state index is -1.05.